The van der Waals surface area contributed by atoms with Gasteiger partial charge in [-0.25, -0.2) is 4.79 Å². The number of methoxy groups -OCH3 is 2. The van der Waals surface area contributed by atoms with E-state index in [1.54, 1.807) is 17.5 Å². The van der Waals surface area contributed by atoms with E-state index in [0.717, 1.165) is 12.8 Å². The van der Waals surface area contributed by atoms with E-state index in [-0.39, 0.29) is 23.1 Å². The predicted molar refractivity (Wildman–Crippen MR) is 122 cm³/mol. The van der Waals surface area contributed by atoms with Crippen LogP contribution in [0, 0.1) is 5.92 Å². The fourth-order valence-corrected chi connectivity index (χ4v) is 4.27. The fourth-order valence-electron chi connectivity index (χ4n) is 3.65. The number of thiophene rings is 1. The number of hydrogen-bond acceptors (Lipinski definition) is 7. The summed E-state index contributed by atoms with van der Waals surface area (Å²) in [6.07, 6.45) is 5.85. The summed E-state index contributed by atoms with van der Waals surface area (Å²) in [5.74, 6) is -0.347. The molecule has 0 saturated heterocycles. The van der Waals surface area contributed by atoms with Gasteiger partial charge in [-0.1, -0.05) is 25.3 Å². The number of esters is 1. The maximum absolute atomic E-state index is 12.8. The van der Waals surface area contributed by atoms with Gasteiger partial charge in [0.15, 0.2) is 18.1 Å². The Morgan fingerprint density at radius 1 is 1.06 bits per heavy atom. The maximum Gasteiger partial charge on any atom is 0.340 e. The minimum Gasteiger partial charge on any atom is -0.493 e. The van der Waals surface area contributed by atoms with Gasteiger partial charge >= 0.3 is 5.97 Å². The molecule has 1 aromatic heterocycles. The molecule has 0 bridgehead atoms. The molecule has 1 aromatic carbocycles. The van der Waals surface area contributed by atoms with Gasteiger partial charge in [0.05, 0.1) is 30.3 Å². The van der Waals surface area contributed by atoms with Gasteiger partial charge in [0.1, 0.15) is 0 Å². The van der Waals surface area contributed by atoms with Crippen LogP contribution < -0.4 is 20.1 Å². The number of carbonyl (C=O) groups excluding carboxylic acids is 3. The third-order valence-corrected chi connectivity index (χ3v) is 6.25. The van der Waals surface area contributed by atoms with Gasteiger partial charge in [-0.15, -0.1) is 11.3 Å². The number of hydrogen-bond donors (Lipinski definition) is 2. The van der Waals surface area contributed by atoms with Crippen LogP contribution in [-0.2, 0) is 9.53 Å². The quantitative estimate of drug-likeness (QED) is 0.551. The second-order valence-electron chi connectivity index (χ2n) is 7.57. The SMILES string of the molecule is COc1cc(NC(=O)c2cccs2)c(C(=O)OCC(=O)NCC2CCCCC2)cc1OC. The lowest BCUT2D eigenvalue weighted by molar-refractivity contribution is -0.124. The molecule has 1 saturated carbocycles. The molecular weight excluding hydrogens is 432 g/mol. The predicted octanol–water partition coefficient (Wildman–Crippen LogP) is 3.87. The number of nitrogens with one attached hydrogen (secondary N) is 2. The molecule has 1 heterocycles. The highest BCUT2D eigenvalue weighted by Gasteiger charge is 2.22. The van der Waals surface area contributed by atoms with Crippen LogP contribution in [0.3, 0.4) is 0 Å². The van der Waals surface area contributed by atoms with Crippen molar-refractivity contribution in [2.75, 3.05) is 32.7 Å². The molecule has 1 aliphatic rings. The van der Waals surface area contributed by atoms with Crippen molar-refractivity contribution in [1.82, 2.24) is 5.32 Å². The van der Waals surface area contributed by atoms with Crippen LogP contribution in [0.4, 0.5) is 5.69 Å². The lowest BCUT2D eigenvalue weighted by Gasteiger charge is -2.21. The number of amides is 2. The summed E-state index contributed by atoms with van der Waals surface area (Å²) in [7, 11) is 2.90. The van der Waals surface area contributed by atoms with Crippen molar-refractivity contribution >= 4 is 34.8 Å². The summed E-state index contributed by atoms with van der Waals surface area (Å²) in [5.41, 5.74) is 0.265. The van der Waals surface area contributed by atoms with Crippen molar-refractivity contribution in [2.45, 2.75) is 32.1 Å². The lowest BCUT2D eigenvalue weighted by atomic mass is 9.89. The monoisotopic (exact) mass is 460 g/mol. The number of ether oxygens (including phenoxy) is 3. The average Bonchev–Trinajstić information content (AvgIpc) is 3.36. The molecule has 2 amide bonds. The molecular formula is C23H28N2O6S. The molecule has 2 N–H and O–H groups in total. The Kier molecular flexibility index (Phi) is 8.49. The first-order valence-corrected chi connectivity index (χ1v) is 11.4. The van der Waals surface area contributed by atoms with Gasteiger partial charge in [-0.05, 0) is 30.2 Å². The van der Waals surface area contributed by atoms with Gasteiger partial charge in [0.2, 0.25) is 0 Å². The van der Waals surface area contributed by atoms with Crippen molar-refractivity contribution in [3.05, 3.63) is 40.1 Å². The molecule has 172 valence electrons. The molecule has 9 heteroatoms. The average molecular weight is 461 g/mol. The van der Waals surface area contributed by atoms with Gasteiger partial charge in [0, 0.05) is 18.7 Å². The van der Waals surface area contributed by atoms with E-state index in [1.807, 2.05) is 0 Å². The number of carbonyl (C=O) groups is 3. The molecule has 0 radical (unpaired) electrons. The van der Waals surface area contributed by atoms with E-state index in [1.165, 1.54) is 57.0 Å². The van der Waals surface area contributed by atoms with Crippen LogP contribution in [0.15, 0.2) is 29.6 Å². The minimum atomic E-state index is -0.750. The zero-order valence-corrected chi connectivity index (χ0v) is 19.1. The van der Waals surface area contributed by atoms with E-state index in [9.17, 15) is 14.4 Å². The van der Waals surface area contributed by atoms with Gasteiger partial charge in [-0.2, -0.15) is 0 Å². The third-order valence-electron chi connectivity index (χ3n) is 5.38. The standard InChI is InChI=1S/C23H28N2O6S/c1-29-18-11-16(17(12-19(18)30-2)25-22(27)20-9-6-10-32-20)23(28)31-14-21(26)24-13-15-7-4-3-5-8-15/h6,9-12,15H,3-5,7-8,13-14H2,1-2H3,(H,24,26)(H,25,27). The molecule has 0 spiro atoms. The summed E-state index contributed by atoms with van der Waals surface area (Å²) >= 11 is 1.28. The lowest BCUT2D eigenvalue weighted by Crippen LogP contribution is -2.33. The molecule has 2 aromatic rings. The Labute approximate surface area is 191 Å². The summed E-state index contributed by atoms with van der Waals surface area (Å²) in [6.45, 7) is 0.188. The summed E-state index contributed by atoms with van der Waals surface area (Å²) < 4.78 is 15.8. The second-order valence-corrected chi connectivity index (χ2v) is 8.52. The summed E-state index contributed by atoms with van der Waals surface area (Å²) in [6, 6.07) is 6.35. The summed E-state index contributed by atoms with van der Waals surface area (Å²) in [4.78, 5) is 37.9. The van der Waals surface area contributed by atoms with Crippen molar-refractivity contribution in [2.24, 2.45) is 5.92 Å². The van der Waals surface area contributed by atoms with Crippen molar-refractivity contribution in [1.29, 1.82) is 0 Å². The van der Waals surface area contributed by atoms with Crippen LogP contribution in [0.5, 0.6) is 11.5 Å². The zero-order chi connectivity index (χ0) is 22.9. The van der Waals surface area contributed by atoms with E-state index < -0.39 is 12.6 Å². The number of anilines is 1. The molecule has 3 rings (SSSR count). The number of rotatable bonds is 9. The van der Waals surface area contributed by atoms with Crippen LogP contribution in [0.2, 0.25) is 0 Å². The van der Waals surface area contributed by atoms with E-state index in [4.69, 9.17) is 14.2 Å². The van der Waals surface area contributed by atoms with Crippen LogP contribution in [0.25, 0.3) is 0 Å². The first kappa shape index (κ1) is 23.6. The molecule has 1 fully saturated rings. The Balaban J connectivity index is 1.67. The highest BCUT2D eigenvalue weighted by molar-refractivity contribution is 7.12. The van der Waals surface area contributed by atoms with Gasteiger partial charge in [0.25, 0.3) is 11.8 Å². The molecule has 32 heavy (non-hydrogen) atoms. The largest absolute Gasteiger partial charge is 0.493 e. The fraction of sp³-hybridized carbons (Fsp3) is 0.435. The van der Waals surface area contributed by atoms with Crippen LogP contribution in [-0.4, -0.2) is 45.2 Å². The zero-order valence-electron chi connectivity index (χ0n) is 18.3. The topological polar surface area (TPSA) is 103 Å². The Morgan fingerprint density at radius 3 is 2.44 bits per heavy atom. The maximum atomic E-state index is 12.8. The Bertz CT molecular complexity index is 938. The molecule has 0 unspecified atom stereocenters. The van der Waals surface area contributed by atoms with Gasteiger partial charge in [-0.3, -0.25) is 9.59 Å². The van der Waals surface area contributed by atoms with Crippen molar-refractivity contribution < 1.29 is 28.6 Å². The highest BCUT2D eigenvalue weighted by atomic mass is 32.1. The second kappa shape index (κ2) is 11.5. The first-order chi connectivity index (χ1) is 15.5. The van der Waals surface area contributed by atoms with Crippen LogP contribution in [0.1, 0.15) is 52.1 Å². The molecule has 0 atom stereocenters. The van der Waals surface area contributed by atoms with Crippen molar-refractivity contribution in [3.63, 3.8) is 0 Å². The van der Waals surface area contributed by atoms with E-state index in [0.29, 0.717) is 28.8 Å². The molecule has 8 nitrogen and oxygen atoms in total. The third kappa shape index (κ3) is 6.23. The minimum absolute atomic E-state index is 0.0626. The highest BCUT2D eigenvalue weighted by Crippen LogP contribution is 2.34. The molecule has 0 aliphatic heterocycles. The van der Waals surface area contributed by atoms with Gasteiger partial charge < -0.3 is 24.8 Å². The molecule has 1 aliphatic carbocycles. The smallest absolute Gasteiger partial charge is 0.340 e. The first-order valence-electron chi connectivity index (χ1n) is 10.6. The Hall–Kier alpha value is -3.07. The van der Waals surface area contributed by atoms with E-state index in [2.05, 4.69) is 10.6 Å². The Morgan fingerprint density at radius 2 is 1.78 bits per heavy atom. The van der Waals surface area contributed by atoms with Crippen molar-refractivity contribution in [3.8, 4) is 11.5 Å². The van der Waals surface area contributed by atoms with E-state index >= 15 is 0 Å². The normalized spacial score (nSPS) is 13.8. The van der Waals surface area contributed by atoms with Crippen LogP contribution >= 0.6 is 11.3 Å². The summed E-state index contributed by atoms with van der Waals surface area (Å²) in [5, 5.41) is 7.33. The number of benzene rings is 1.